The molecule has 1 aromatic heterocycles. The highest BCUT2D eigenvalue weighted by Gasteiger charge is 2.09. The van der Waals surface area contributed by atoms with Gasteiger partial charge in [0.2, 0.25) is 0 Å². The Hall–Kier alpha value is -1.06. The number of alkyl halides is 1. The number of rotatable bonds is 4. The molecule has 1 aromatic carbocycles. The highest BCUT2D eigenvalue weighted by atomic mass is 35.5. The van der Waals surface area contributed by atoms with Gasteiger partial charge in [0, 0.05) is 10.4 Å². The number of halogens is 1. The number of para-hydroxylation sites is 1. The lowest BCUT2D eigenvalue weighted by molar-refractivity contribution is 0.301. The second kappa shape index (κ2) is 5.72. The fourth-order valence-electron chi connectivity index (χ4n) is 1.76. The third-order valence-electron chi connectivity index (χ3n) is 2.85. The number of nitrogens with zero attached hydrogens (tertiary/aromatic N) is 1. The molecule has 0 aliphatic carbocycles. The van der Waals surface area contributed by atoms with Gasteiger partial charge in [-0.15, -0.1) is 22.9 Å². The van der Waals surface area contributed by atoms with Crippen LogP contribution in [0.1, 0.15) is 26.7 Å². The average molecular weight is 282 g/mol. The van der Waals surface area contributed by atoms with Gasteiger partial charge >= 0.3 is 0 Å². The van der Waals surface area contributed by atoms with Crippen LogP contribution in [0.3, 0.4) is 0 Å². The minimum atomic E-state index is 0.465. The van der Waals surface area contributed by atoms with Crippen LogP contribution in [0.15, 0.2) is 18.2 Å². The van der Waals surface area contributed by atoms with Gasteiger partial charge < -0.3 is 4.74 Å². The van der Waals surface area contributed by atoms with E-state index in [2.05, 4.69) is 11.9 Å². The Labute approximate surface area is 117 Å². The predicted octanol–water partition coefficient (Wildman–Crippen LogP) is 4.39. The molecule has 4 heteroatoms. The Morgan fingerprint density at radius 1 is 1.28 bits per heavy atom. The minimum Gasteiger partial charge on any atom is -0.486 e. The molecule has 2 aromatic rings. The van der Waals surface area contributed by atoms with Crippen LogP contribution < -0.4 is 4.74 Å². The molecule has 0 fully saturated rings. The summed E-state index contributed by atoms with van der Waals surface area (Å²) in [6, 6.07) is 6.02. The van der Waals surface area contributed by atoms with Crippen molar-refractivity contribution < 1.29 is 4.74 Å². The maximum Gasteiger partial charge on any atom is 0.140 e. The van der Waals surface area contributed by atoms with Crippen molar-refractivity contribution in [3.05, 3.63) is 44.9 Å². The maximum absolute atomic E-state index is 5.92. The summed E-state index contributed by atoms with van der Waals surface area (Å²) in [5.41, 5.74) is 3.22. The predicted molar refractivity (Wildman–Crippen MR) is 76.7 cm³/mol. The number of aryl methyl sites for hydroxylation is 3. The molecule has 0 saturated heterocycles. The largest absolute Gasteiger partial charge is 0.486 e. The van der Waals surface area contributed by atoms with Crippen molar-refractivity contribution in [2.75, 3.05) is 0 Å². The van der Waals surface area contributed by atoms with E-state index in [1.807, 2.05) is 32.0 Å². The van der Waals surface area contributed by atoms with E-state index in [-0.39, 0.29) is 0 Å². The molecule has 2 nitrogen and oxygen atoms in total. The van der Waals surface area contributed by atoms with Crippen LogP contribution in [0, 0.1) is 20.8 Å². The van der Waals surface area contributed by atoms with Crippen molar-refractivity contribution >= 4 is 22.9 Å². The number of aromatic nitrogens is 1. The first-order valence-corrected chi connectivity index (χ1v) is 7.17. The number of benzene rings is 1. The number of hydrogen-bond acceptors (Lipinski definition) is 3. The minimum absolute atomic E-state index is 0.465. The lowest BCUT2D eigenvalue weighted by Crippen LogP contribution is -1.99. The number of ether oxygens (including phenoxy) is 1. The first-order chi connectivity index (χ1) is 8.61. The van der Waals surface area contributed by atoms with E-state index in [1.165, 1.54) is 4.88 Å². The zero-order chi connectivity index (χ0) is 13.1. The van der Waals surface area contributed by atoms with E-state index in [0.717, 1.165) is 27.6 Å². The number of hydrogen-bond donors (Lipinski definition) is 0. The molecule has 0 radical (unpaired) electrons. The summed E-state index contributed by atoms with van der Waals surface area (Å²) in [6.45, 7) is 6.64. The Bertz CT molecular complexity index is 531. The van der Waals surface area contributed by atoms with E-state index in [0.29, 0.717) is 12.5 Å². The molecule has 0 unspecified atom stereocenters. The van der Waals surface area contributed by atoms with E-state index in [1.54, 1.807) is 11.3 Å². The van der Waals surface area contributed by atoms with Gasteiger partial charge in [0.1, 0.15) is 17.4 Å². The van der Waals surface area contributed by atoms with Crippen molar-refractivity contribution in [1.82, 2.24) is 4.98 Å². The Kier molecular flexibility index (Phi) is 4.25. The molecule has 0 atom stereocenters. The van der Waals surface area contributed by atoms with Crippen LogP contribution >= 0.6 is 22.9 Å². The molecule has 18 heavy (non-hydrogen) atoms. The second-order valence-electron chi connectivity index (χ2n) is 4.23. The first-order valence-electron chi connectivity index (χ1n) is 5.82. The van der Waals surface area contributed by atoms with Crippen molar-refractivity contribution in [2.45, 2.75) is 33.3 Å². The summed E-state index contributed by atoms with van der Waals surface area (Å²) in [6.07, 6.45) is 0. The summed E-state index contributed by atoms with van der Waals surface area (Å²) in [5, 5.41) is 1.01. The molecule has 96 valence electrons. The fourth-order valence-corrected chi connectivity index (χ4v) is 2.82. The summed E-state index contributed by atoms with van der Waals surface area (Å²) in [4.78, 5) is 5.72. The SMILES string of the molecule is Cc1cccc(CCl)c1OCc1nc(C)c(C)s1. The van der Waals surface area contributed by atoms with Gasteiger partial charge in [-0.2, -0.15) is 0 Å². The zero-order valence-electron chi connectivity index (χ0n) is 10.8. The summed E-state index contributed by atoms with van der Waals surface area (Å²) >= 11 is 7.61. The smallest absolute Gasteiger partial charge is 0.140 e. The van der Waals surface area contributed by atoms with Crippen LogP contribution in [0.4, 0.5) is 0 Å². The summed E-state index contributed by atoms with van der Waals surface area (Å²) < 4.78 is 5.88. The van der Waals surface area contributed by atoms with Crippen LogP contribution in [0.25, 0.3) is 0 Å². The van der Waals surface area contributed by atoms with Crippen LogP contribution in [0.2, 0.25) is 0 Å². The Morgan fingerprint density at radius 2 is 2.06 bits per heavy atom. The zero-order valence-corrected chi connectivity index (χ0v) is 12.4. The highest BCUT2D eigenvalue weighted by Crippen LogP contribution is 2.26. The van der Waals surface area contributed by atoms with Gasteiger partial charge in [0.05, 0.1) is 11.6 Å². The average Bonchev–Trinajstić information content (AvgIpc) is 2.67. The van der Waals surface area contributed by atoms with Gasteiger partial charge in [-0.3, -0.25) is 0 Å². The molecule has 0 bridgehead atoms. The quantitative estimate of drug-likeness (QED) is 0.776. The summed E-state index contributed by atoms with van der Waals surface area (Å²) in [5.74, 6) is 1.35. The van der Waals surface area contributed by atoms with E-state index < -0.39 is 0 Å². The van der Waals surface area contributed by atoms with Gasteiger partial charge in [0.15, 0.2) is 0 Å². The monoisotopic (exact) mass is 281 g/mol. The van der Waals surface area contributed by atoms with Gasteiger partial charge in [0.25, 0.3) is 0 Å². The third kappa shape index (κ3) is 2.85. The van der Waals surface area contributed by atoms with Crippen molar-refractivity contribution in [1.29, 1.82) is 0 Å². The molecule has 0 aliphatic rings. The van der Waals surface area contributed by atoms with Gasteiger partial charge in [-0.05, 0) is 26.3 Å². The van der Waals surface area contributed by atoms with E-state index in [9.17, 15) is 0 Å². The second-order valence-corrected chi connectivity index (χ2v) is 5.79. The number of thiazole rings is 1. The Balaban J connectivity index is 2.15. The normalized spacial score (nSPS) is 10.7. The molecule has 1 heterocycles. The summed E-state index contributed by atoms with van der Waals surface area (Å²) in [7, 11) is 0. The van der Waals surface area contributed by atoms with Gasteiger partial charge in [-0.25, -0.2) is 4.98 Å². The van der Waals surface area contributed by atoms with Crippen molar-refractivity contribution in [3.8, 4) is 5.75 Å². The van der Waals surface area contributed by atoms with Crippen molar-refractivity contribution in [2.24, 2.45) is 0 Å². The first kappa shape index (κ1) is 13.4. The molecule has 0 amide bonds. The topological polar surface area (TPSA) is 22.1 Å². The fraction of sp³-hybridized carbons (Fsp3) is 0.357. The molecular weight excluding hydrogens is 266 g/mol. The van der Waals surface area contributed by atoms with Crippen LogP contribution in [-0.4, -0.2) is 4.98 Å². The van der Waals surface area contributed by atoms with E-state index in [4.69, 9.17) is 16.3 Å². The van der Waals surface area contributed by atoms with Crippen LogP contribution in [0.5, 0.6) is 5.75 Å². The molecular formula is C14H16ClNOS. The Morgan fingerprint density at radius 3 is 2.67 bits per heavy atom. The standard InChI is InChI=1S/C14H16ClNOS/c1-9-5-4-6-12(7-15)14(9)17-8-13-16-10(2)11(3)18-13/h4-6H,7-8H2,1-3H3. The molecule has 0 saturated carbocycles. The van der Waals surface area contributed by atoms with Crippen LogP contribution in [-0.2, 0) is 12.5 Å². The lowest BCUT2D eigenvalue weighted by atomic mass is 10.1. The highest BCUT2D eigenvalue weighted by molar-refractivity contribution is 7.11. The molecule has 2 rings (SSSR count). The van der Waals surface area contributed by atoms with Gasteiger partial charge in [-0.1, -0.05) is 18.2 Å². The molecule has 0 spiro atoms. The molecule has 0 aliphatic heterocycles. The third-order valence-corrected chi connectivity index (χ3v) is 4.18. The maximum atomic E-state index is 5.92. The van der Waals surface area contributed by atoms with Crippen molar-refractivity contribution in [3.63, 3.8) is 0 Å². The lowest BCUT2D eigenvalue weighted by Gasteiger charge is -2.11. The van der Waals surface area contributed by atoms with E-state index >= 15 is 0 Å². The molecule has 0 N–H and O–H groups in total.